The van der Waals surface area contributed by atoms with Crippen LogP contribution in [0.4, 0.5) is 0 Å². The number of pyridine rings is 1. The number of nitrogens with zero attached hydrogens (tertiary/aromatic N) is 1. The summed E-state index contributed by atoms with van der Waals surface area (Å²) < 4.78 is 0. The highest BCUT2D eigenvalue weighted by Gasteiger charge is 2.22. The largest absolute Gasteiger partial charge is 0.512 e. The van der Waals surface area contributed by atoms with Gasteiger partial charge in [-0.1, -0.05) is 101 Å². The van der Waals surface area contributed by atoms with Crippen LogP contribution in [-0.4, -0.2) is 10.1 Å². The first-order chi connectivity index (χ1) is 17.7. The molecule has 37 heavy (non-hydrogen) atoms. The highest BCUT2D eigenvalue weighted by Crippen LogP contribution is 2.31. The molecule has 0 amide bonds. The molecule has 0 unspecified atom stereocenters. The predicted molar refractivity (Wildman–Crippen MR) is 159 cm³/mol. The number of hydrogen-bond acceptors (Lipinski definition) is 3. The standard InChI is InChI=1S/C34H42N2O/c1-7-9-16-32(29-14-11-10-12-15-29)36-26(4)27-17-19-28(20-18-27)31-24-35-30(23-25(31)3)21-22-34(5,6)33(37)13-8-2/h10-20,23-24,36-37H,4,7-9,21-22H2,1-3,5-6H3/b32-16-,33-13-. The van der Waals surface area contributed by atoms with E-state index in [2.05, 4.69) is 100 Å². The van der Waals surface area contributed by atoms with E-state index in [0.717, 1.165) is 71.4 Å². The fraction of sp³-hybridized carbons (Fsp3) is 0.324. The summed E-state index contributed by atoms with van der Waals surface area (Å²) in [7, 11) is 0. The quantitative estimate of drug-likeness (QED) is 0.247. The third-order valence-corrected chi connectivity index (χ3v) is 6.82. The molecule has 0 radical (unpaired) electrons. The molecule has 3 nitrogen and oxygen atoms in total. The Morgan fingerprint density at radius 1 is 1.00 bits per heavy atom. The number of aryl methyl sites for hydroxylation is 2. The lowest BCUT2D eigenvalue weighted by molar-refractivity contribution is 0.242. The Balaban J connectivity index is 1.70. The lowest BCUT2D eigenvalue weighted by Gasteiger charge is -2.24. The van der Waals surface area contributed by atoms with Crippen LogP contribution in [0.1, 0.15) is 75.8 Å². The Morgan fingerprint density at radius 3 is 2.32 bits per heavy atom. The number of nitrogens with one attached hydrogen (secondary N) is 1. The Labute approximate surface area is 223 Å². The van der Waals surface area contributed by atoms with E-state index in [0.29, 0.717) is 5.76 Å². The maximum Gasteiger partial charge on any atom is 0.0938 e. The second kappa shape index (κ2) is 13.1. The zero-order valence-corrected chi connectivity index (χ0v) is 23.1. The van der Waals surface area contributed by atoms with Gasteiger partial charge in [-0.2, -0.15) is 0 Å². The minimum atomic E-state index is -0.247. The van der Waals surface area contributed by atoms with Crippen molar-refractivity contribution < 1.29 is 5.11 Å². The molecule has 0 aliphatic rings. The summed E-state index contributed by atoms with van der Waals surface area (Å²) in [6.07, 6.45) is 10.8. The summed E-state index contributed by atoms with van der Waals surface area (Å²) in [5, 5.41) is 13.9. The van der Waals surface area contributed by atoms with Gasteiger partial charge in [0.1, 0.15) is 0 Å². The number of allylic oxidation sites excluding steroid dienone is 3. The summed E-state index contributed by atoms with van der Waals surface area (Å²) in [6.45, 7) is 14.8. The topological polar surface area (TPSA) is 45.2 Å². The summed E-state index contributed by atoms with van der Waals surface area (Å²) >= 11 is 0. The Hall–Kier alpha value is -3.59. The van der Waals surface area contributed by atoms with Crippen molar-refractivity contribution in [2.75, 3.05) is 0 Å². The zero-order chi connectivity index (χ0) is 26.8. The van der Waals surface area contributed by atoms with Crippen LogP contribution in [0.2, 0.25) is 0 Å². The Morgan fingerprint density at radius 2 is 1.70 bits per heavy atom. The van der Waals surface area contributed by atoms with Gasteiger partial charge in [0.2, 0.25) is 0 Å². The maximum atomic E-state index is 10.3. The van der Waals surface area contributed by atoms with Crippen molar-refractivity contribution in [3.8, 4) is 11.1 Å². The molecule has 1 heterocycles. The summed E-state index contributed by atoms with van der Waals surface area (Å²) in [4.78, 5) is 4.74. The van der Waals surface area contributed by atoms with E-state index in [-0.39, 0.29) is 5.41 Å². The molecule has 0 atom stereocenters. The SMILES string of the molecule is C=C(N/C(=C\CCC)c1ccccc1)c1ccc(-c2cnc(CCC(C)(C)/C(O)=C/CC)cc2C)cc1. The van der Waals surface area contributed by atoms with Gasteiger partial charge in [0.25, 0.3) is 0 Å². The third kappa shape index (κ3) is 7.69. The first-order valence-corrected chi connectivity index (χ1v) is 13.4. The molecule has 0 saturated carbocycles. The van der Waals surface area contributed by atoms with Gasteiger partial charge in [-0.05, 0) is 67.0 Å². The van der Waals surface area contributed by atoms with Gasteiger partial charge >= 0.3 is 0 Å². The summed E-state index contributed by atoms with van der Waals surface area (Å²) in [5.41, 5.74) is 8.48. The van der Waals surface area contributed by atoms with Crippen LogP contribution in [0.25, 0.3) is 22.5 Å². The van der Waals surface area contributed by atoms with Crippen molar-refractivity contribution >= 4 is 11.4 Å². The molecule has 0 fully saturated rings. The molecule has 3 heteroatoms. The van der Waals surface area contributed by atoms with Crippen LogP contribution in [0.5, 0.6) is 0 Å². The van der Waals surface area contributed by atoms with E-state index in [1.807, 2.05) is 25.3 Å². The van der Waals surface area contributed by atoms with Crippen LogP contribution in [0, 0.1) is 12.3 Å². The third-order valence-electron chi connectivity index (χ3n) is 6.82. The second-order valence-electron chi connectivity index (χ2n) is 10.3. The maximum absolute atomic E-state index is 10.3. The van der Waals surface area contributed by atoms with Crippen LogP contribution in [0.3, 0.4) is 0 Å². The number of aliphatic hydroxyl groups is 1. The molecule has 0 bridgehead atoms. The van der Waals surface area contributed by atoms with Crippen molar-refractivity contribution in [3.63, 3.8) is 0 Å². The van der Waals surface area contributed by atoms with Gasteiger partial charge in [0.05, 0.1) is 5.76 Å². The smallest absolute Gasteiger partial charge is 0.0938 e. The average molecular weight is 495 g/mol. The fourth-order valence-corrected chi connectivity index (χ4v) is 4.32. The van der Waals surface area contributed by atoms with Crippen molar-refractivity contribution in [3.05, 3.63) is 114 Å². The first kappa shape index (κ1) is 28.0. The Kier molecular flexibility index (Phi) is 9.91. The molecule has 2 N–H and O–H groups in total. The minimum Gasteiger partial charge on any atom is -0.512 e. The molecule has 0 spiro atoms. The summed E-state index contributed by atoms with van der Waals surface area (Å²) in [6, 6.07) is 21.1. The second-order valence-corrected chi connectivity index (χ2v) is 10.3. The van der Waals surface area contributed by atoms with E-state index in [1.54, 1.807) is 0 Å². The van der Waals surface area contributed by atoms with Gasteiger partial charge in [-0.15, -0.1) is 0 Å². The molecule has 0 aliphatic heterocycles. The minimum absolute atomic E-state index is 0.247. The number of hydrogen-bond donors (Lipinski definition) is 2. The number of aromatic nitrogens is 1. The molecular formula is C34H42N2O. The molecule has 3 rings (SSSR count). The molecule has 0 saturated heterocycles. The molecular weight excluding hydrogens is 452 g/mol. The van der Waals surface area contributed by atoms with Crippen LogP contribution >= 0.6 is 0 Å². The molecule has 194 valence electrons. The van der Waals surface area contributed by atoms with Crippen molar-refractivity contribution in [1.82, 2.24) is 10.3 Å². The number of rotatable bonds is 12. The van der Waals surface area contributed by atoms with Crippen molar-refractivity contribution in [2.45, 2.75) is 66.7 Å². The number of benzene rings is 2. The monoisotopic (exact) mass is 494 g/mol. The predicted octanol–water partition coefficient (Wildman–Crippen LogP) is 9.27. The van der Waals surface area contributed by atoms with Gasteiger partial charge in [-0.25, -0.2) is 0 Å². The summed E-state index contributed by atoms with van der Waals surface area (Å²) in [5.74, 6) is 0.469. The normalized spacial score (nSPS) is 12.5. The number of aliphatic hydroxyl groups excluding tert-OH is 1. The molecule has 0 aliphatic carbocycles. The van der Waals surface area contributed by atoms with Gasteiger partial charge in [0, 0.05) is 34.3 Å². The van der Waals surface area contributed by atoms with E-state index >= 15 is 0 Å². The van der Waals surface area contributed by atoms with Gasteiger partial charge in [-0.3, -0.25) is 4.98 Å². The lowest BCUT2D eigenvalue weighted by atomic mass is 9.84. The highest BCUT2D eigenvalue weighted by atomic mass is 16.3. The molecule has 1 aromatic heterocycles. The van der Waals surface area contributed by atoms with Gasteiger partial charge in [0.15, 0.2) is 0 Å². The molecule has 3 aromatic rings. The zero-order valence-electron chi connectivity index (χ0n) is 23.1. The lowest BCUT2D eigenvalue weighted by Crippen LogP contribution is -2.16. The van der Waals surface area contributed by atoms with Crippen molar-refractivity contribution in [1.29, 1.82) is 0 Å². The van der Waals surface area contributed by atoms with E-state index < -0.39 is 0 Å². The first-order valence-electron chi connectivity index (χ1n) is 13.4. The Bertz CT molecular complexity index is 1230. The van der Waals surface area contributed by atoms with Crippen molar-refractivity contribution in [2.24, 2.45) is 5.41 Å². The average Bonchev–Trinajstić information content (AvgIpc) is 2.90. The van der Waals surface area contributed by atoms with Crippen LogP contribution < -0.4 is 5.32 Å². The van der Waals surface area contributed by atoms with E-state index in [4.69, 9.17) is 4.98 Å². The van der Waals surface area contributed by atoms with E-state index in [9.17, 15) is 5.11 Å². The highest BCUT2D eigenvalue weighted by molar-refractivity contribution is 5.77. The van der Waals surface area contributed by atoms with Crippen LogP contribution in [-0.2, 0) is 6.42 Å². The van der Waals surface area contributed by atoms with Gasteiger partial charge < -0.3 is 10.4 Å². The van der Waals surface area contributed by atoms with Crippen LogP contribution in [0.15, 0.2) is 91.4 Å². The molecule has 2 aromatic carbocycles. The number of unbranched alkanes of at least 4 members (excludes halogenated alkanes) is 1. The fourth-order valence-electron chi connectivity index (χ4n) is 4.32. The van der Waals surface area contributed by atoms with E-state index in [1.165, 1.54) is 5.56 Å².